The molecule has 0 bridgehead atoms. The Kier molecular flexibility index (Phi) is 4.34. The summed E-state index contributed by atoms with van der Waals surface area (Å²) in [6.07, 6.45) is 0.860. The number of rotatable bonds is 2. The maximum absolute atomic E-state index is 4.97. The third-order valence-corrected chi connectivity index (χ3v) is 4.99. The summed E-state index contributed by atoms with van der Waals surface area (Å²) in [5, 5.41) is 3.67. The molecule has 0 saturated heterocycles. The Labute approximate surface area is 155 Å². The lowest BCUT2D eigenvalue weighted by atomic mass is 9.97. The van der Waals surface area contributed by atoms with Crippen LogP contribution in [0.3, 0.4) is 0 Å². The van der Waals surface area contributed by atoms with Crippen molar-refractivity contribution in [2.75, 3.05) is 5.32 Å². The highest BCUT2D eigenvalue weighted by Crippen LogP contribution is 2.35. The van der Waals surface area contributed by atoms with Gasteiger partial charge in [-0.3, -0.25) is 4.99 Å². The SMILES string of the molecule is Ic1ccc(C2=Nc3ccccc3N[C@@H](c3ccccc3)C2)cc1. The predicted octanol–water partition coefficient (Wildman–Crippen LogP) is 5.97. The van der Waals surface area contributed by atoms with E-state index >= 15 is 0 Å². The van der Waals surface area contributed by atoms with Gasteiger partial charge in [-0.05, 0) is 58.0 Å². The molecule has 0 amide bonds. The van der Waals surface area contributed by atoms with Gasteiger partial charge in [-0.15, -0.1) is 0 Å². The lowest BCUT2D eigenvalue weighted by Gasteiger charge is -2.19. The van der Waals surface area contributed by atoms with E-state index in [1.54, 1.807) is 0 Å². The molecular formula is C21H17IN2. The average molecular weight is 424 g/mol. The summed E-state index contributed by atoms with van der Waals surface area (Å²) in [7, 11) is 0. The van der Waals surface area contributed by atoms with Gasteiger partial charge in [-0.25, -0.2) is 0 Å². The van der Waals surface area contributed by atoms with Crippen molar-refractivity contribution >= 4 is 39.7 Å². The van der Waals surface area contributed by atoms with E-state index in [0.29, 0.717) is 0 Å². The Morgan fingerprint density at radius 2 is 1.54 bits per heavy atom. The number of hydrogen-bond donors (Lipinski definition) is 1. The fourth-order valence-electron chi connectivity index (χ4n) is 3.03. The van der Waals surface area contributed by atoms with Crippen LogP contribution in [0.2, 0.25) is 0 Å². The molecule has 4 rings (SSSR count). The second-order valence-corrected chi connectivity index (χ2v) is 7.14. The zero-order chi connectivity index (χ0) is 16.4. The minimum Gasteiger partial charge on any atom is -0.376 e. The fourth-order valence-corrected chi connectivity index (χ4v) is 3.39. The summed E-state index contributed by atoms with van der Waals surface area (Å²) in [6.45, 7) is 0. The molecule has 3 aromatic rings. The van der Waals surface area contributed by atoms with Gasteiger partial charge in [0.05, 0.1) is 23.1 Å². The van der Waals surface area contributed by atoms with Gasteiger partial charge in [-0.1, -0.05) is 54.6 Å². The van der Waals surface area contributed by atoms with Crippen LogP contribution in [0.4, 0.5) is 11.4 Å². The second kappa shape index (κ2) is 6.77. The lowest BCUT2D eigenvalue weighted by Crippen LogP contribution is -2.14. The standard InChI is InChI=1S/C21H17IN2/c22-17-12-10-16(11-13-17)21-14-20(15-6-2-1-3-7-15)23-18-8-4-5-9-19(18)24-21/h1-13,20,23H,14H2/t20-/m1/s1. The topological polar surface area (TPSA) is 24.4 Å². The fraction of sp³-hybridized carbons (Fsp3) is 0.0952. The highest BCUT2D eigenvalue weighted by molar-refractivity contribution is 14.1. The zero-order valence-corrected chi connectivity index (χ0v) is 15.3. The van der Waals surface area contributed by atoms with E-state index in [9.17, 15) is 0 Å². The molecule has 0 aliphatic carbocycles. The van der Waals surface area contributed by atoms with Gasteiger partial charge in [0, 0.05) is 9.99 Å². The molecule has 1 heterocycles. The molecule has 118 valence electrons. The maximum Gasteiger partial charge on any atom is 0.0864 e. The molecule has 1 aliphatic heterocycles. The average Bonchev–Trinajstić information content (AvgIpc) is 2.83. The Bertz CT molecular complexity index is 870. The Hall–Kier alpha value is -2.14. The summed E-state index contributed by atoms with van der Waals surface area (Å²) in [5.41, 5.74) is 5.69. The lowest BCUT2D eigenvalue weighted by molar-refractivity contribution is 0.828. The minimum absolute atomic E-state index is 0.216. The van der Waals surface area contributed by atoms with E-state index in [0.717, 1.165) is 23.5 Å². The van der Waals surface area contributed by atoms with Crippen LogP contribution in [-0.4, -0.2) is 5.71 Å². The predicted molar refractivity (Wildman–Crippen MR) is 109 cm³/mol. The molecule has 24 heavy (non-hydrogen) atoms. The number of aliphatic imine (C=N–C) groups is 1. The molecule has 0 saturated carbocycles. The van der Waals surface area contributed by atoms with E-state index in [-0.39, 0.29) is 6.04 Å². The van der Waals surface area contributed by atoms with Crippen LogP contribution in [0.15, 0.2) is 83.9 Å². The number of fused-ring (bicyclic) bond motifs is 1. The maximum atomic E-state index is 4.97. The summed E-state index contributed by atoms with van der Waals surface area (Å²) in [6, 6.07) is 27.7. The molecule has 3 aromatic carbocycles. The highest BCUT2D eigenvalue weighted by atomic mass is 127. The largest absolute Gasteiger partial charge is 0.376 e. The molecule has 0 radical (unpaired) electrons. The molecule has 1 atom stereocenters. The van der Waals surface area contributed by atoms with E-state index < -0.39 is 0 Å². The highest BCUT2D eigenvalue weighted by Gasteiger charge is 2.20. The zero-order valence-electron chi connectivity index (χ0n) is 13.1. The third-order valence-electron chi connectivity index (χ3n) is 4.27. The van der Waals surface area contributed by atoms with E-state index in [1.165, 1.54) is 14.7 Å². The van der Waals surface area contributed by atoms with Crippen molar-refractivity contribution in [3.63, 3.8) is 0 Å². The third kappa shape index (κ3) is 3.22. The van der Waals surface area contributed by atoms with Crippen molar-refractivity contribution < 1.29 is 0 Å². The van der Waals surface area contributed by atoms with Gasteiger partial charge in [-0.2, -0.15) is 0 Å². The second-order valence-electron chi connectivity index (χ2n) is 5.89. The van der Waals surface area contributed by atoms with Gasteiger partial charge in [0.15, 0.2) is 0 Å². The number of halogens is 1. The molecule has 0 spiro atoms. The minimum atomic E-state index is 0.216. The molecule has 0 fully saturated rings. The quantitative estimate of drug-likeness (QED) is 0.504. The summed E-state index contributed by atoms with van der Waals surface area (Å²) >= 11 is 2.34. The molecule has 3 heteroatoms. The number of nitrogens with zero attached hydrogens (tertiary/aromatic N) is 1. The van der Waals surface area contributed by atoms with Crippen LogP contribution >= 0.6 is 22.6 Å². The molecule has 0 unspecified atom stereocenters. The molecule has 0 aromatic heterocycles. The van der Waals surface area contributed by atoms with Crippen molar-refractivity contribution in [2.24, 2.45) is 4.99 Å². The van der Waals surface area contributed by atoms with Crippen molar-refractivity contribution in [3.05, 3.63) is 93.6 Å². The summed E-state index contributed by atoms with van der Waals surface area (Å²) in [5.74, 6) is 0. The van der Waals surface area contributed by atoms with E-state index in [1.807, 2.05) is 6.07 Å². The van der Waals surface area contributed by atoms with Crippen LogP contribution in [0.1, 0.15) is 23.6 Å². The van der Waals surface area contributed by atoms with Gasteiger partial charge in [0.25, 0.3) is 0 Å². The first-order chi connectivity index (χ1) is 11.8. The smallest absolute Gasteiger partial charge is 0.0864 e. The molecule has 1 N–H and O–H groups in total. The van der Waals surface area contributed by atoms with Gasteiger partial charge in [0.1, 0.15) is 0 Å². The van der Waals surface area contributed by atoms with Crippen LogP contribution in [0, 0.1) is 3.57 Å². The Balaban J connectivity index is 1.80. The normalized spacial score (nSPS) is 16.5. The summed E-state index contributed by atoms with van der Waals surface area (Å²) in [4.78, 5) is 4.97. The molecular weight excluding hydrogens is 407 g/mol. The van der Waals surface area contributed by atoms with Crippen LogP contribution in [0.25, 0.3) is 0 Å². The first-order valence-electron chi connectivity index (χ1n) is 8.03. The van der Waals surface area contributed by atoms with Gasteiger partial charge in [0.2, 0.25) is 0 Å². The number of nitrogens with one attached hydrogen (secondary N) is 1. The van der Waals surface area contributed by atoms with E-state index in [2.05, 4.69) is 101 Å². The molecule has 2 nitrogen and oxygen atoms in total. The number of anilines is 1. The molecule has 1 aliphatic rings. The van der Waals surface area contributed by atoms with Crippen LogP contribution < -0.4 is 5.32 Å². The Morgan fingerprint density at radius 3 is 2.33 bits per heavy atom. The van der Waals surface area contributed by atoms with Crippen LogP contribution in [0.5, 0.6) is 0 Å². The van der Waals surface area contributed by atoms with Crippen molar-refractivity contribution in [1.29, 1.82) is 0 Å². The van der Waals surface area contributed by atoms with Crippen molar-refractivity contribution in [2.45, 2.75) is 12.5 Å². The number of hydrogen-bond acceptors (Lipinski definition) is 2. The van der Waals surface area contributed by atoms with Gasteiger partial charge >= 0.3 is 0 Å². The first kappa shape index (κ1) is 15.4. The van der Waals surface area contributed by atoms with Crippen LogP contribution in [-0.2, 0) is 0 Å². The number of benzene rings is 3. The van der Waals surface area contributed by atoms with Crippen molar-refractivity contribution in [1.82, 2.24) is 0 Å². The van der Waals surface area contributed by atoms with Gasteiger partial charge < -0.3 is 5.32 Å². The van der Waals surface area contributed by atoms with E-state index in [4.69, 9.17) is 4.99 Å². The first-order valence-corrected chi connectivity index (χ1v) is 9.11. The monoisotopic (exact) mass is 424 g/mol. The number of para-hydroxylation sites is 2. The Morgan fingerprint density at radius 1 is 0.833 bits per heavy atom. The summed E-state index contributed by atoms with van der Waals surface area (Å²) < 4.78 is 1.24. The van der Waals surface area contributed by atoms with Crippen molar-refractivity contribution in [3.8, 4) is 0 Å².